The molecule has 3 saturated carbocycles. The van der Waals surface area contributed by atoms with Gasteiger partial charge in [-0.1, -0.05) is 70.9 Å². The smallest absolute Gasteiger partial charge is 0.306 e. The van der Waals surface area contributed by atoms with Crippen molar-refractivity contribution in [2.45, 2.75) is 136 Å². The van der Waals surface area contributed by atoms with E-state index in [2.05, 4.69) is 6.92 Å². The lowest BCUT2D eigenvalue weighted by atomic mass is 9.47. The van der Waals surface area contributed by atoms with Gasteiger partial charge in [0.05, 0.1) is 0 Å². The fourth-order valence-electron chi connectivity index (χ4n) is 7.13. The summed E-state index contributed by atoms with van der Waals surface area (Å²) in [6.45, 7) is 0.0983. The van der Waals surface area contributed by atoms with E-state index in [-0.39, 0.29) is 35.4 Å². The molecule has 6 atom stereocenters. The van der Waals surface area contributed by atoms with E-state index in [9.17, 15) is 9.59 Å². The van der Waals surface area contributed by atoms with Gasteiger partial charge in [0.25, 0.3) is 0 Å². The number of carbonyl (C=O) groups is 2. The molecule has 0 radical (unpaired) electrons. The molecule has 186 valence electrons. The zero-order valence-electron chi connectivity index (χ0n) is 40.3. The standard InChI is InChI=1S/C30H48O3/c1-4-5-6-7-8-9-10-11-12-28(32)33-27-16-15-25-24-14-13-22-21-23(31)17-19-29(22,2)26(24)18-20-30(25,27)3/h21,24-27H,4-20H2,1-3H3/t24-,25-,26-,27-,29-,30-/m0/s1/i1D3,4D2,5D2,6D2,7D2,8D2,9D2,10D2,11D2,12D2. The Morgan fingerprint density at radius 3 is 2.55 bits per heavy atom. The Balaban J connectivity index is 1.62. The zero-order valence-corrected chi connectivity index (χ0v) is 19.3. The molecule has 0 aromatic heterocycles. The van der Waals surface area contributed by atoms with Gasteiger partial charge in [-0.15, -0.1) is 0 Å². The summed E-state index contributed by atoms with van der Waals surface area (Å²) in [5, 5.41) is 0. The molecular weight excluding hydrogens is 408 g/mol. The van der Waals surface area contributed by atoms with Crippen molar-refractivity contribution < 1.29 is 43.1 Å². The van der Waals surface area contributed by atoms with E-state index in [1.165, 1.54) is 0 Å². The van der Waals surface area contributed by atoms with Crippen LogP contribution in [-0.2, 0) is 14.3 Å². The van der Waals surface area contributed by atoms with Crippen LogP contribution in [0.25, 0.3) is 0 Å². The van der Waals surface area contributed by atoms with Gasteiger partial charge in [0.15, 0.2) is 5.78 Å². The largest absolute Gasteiger partial charge is 0.462 e. The van der Waals surface area contributed by atoms with Gasteiger partial charge in [0.2, 0.25) is 0 Å². The van der Waals surface area contributed by atoms with Gasteiger partial charge in [-0.2, -0.15) is 0 Å². The molecule has 0 aromatic rings. The number of ketones is 1. The molecule has 0 amide bonds. The topological polar surface area (TPSA) is 43.4 Å². The van der Waals surface area contributed by atoms with E-state index >= 15 is 0 Å². The highest BCUT2D eigenvalue weighted by Gasteiger charge is 2.59. The maximum Gasteiger partial charge on any atom is 0.306 e. The van der Waals surface area contributed by atoms with Gasteiger partial charge in [0.1, 0.15) is 6.10 Å². The Labute approximate surface area is 232 Å². The summed E-state index contributed by atoms with van der Waals surface area (Å²) in [5.41, 5.74) is 0.264. The maximum absolute atomic E-state index is 13.6. The number of rotatable bonds is 10. The molecule has 0 heterocycles. The lowest BCUT2D eigenvalue weighted by Crippen LogP contribution is -2.51. The fraction of sp³-hybridized carbons (Fsp3) is 0.867. The van der Waals surface area contributed by atoms with Crippen LogP contribution in [0.5, 0.6) is 0 Å². The second-order valence-electron chi connectivity index (χ2n) is 10.1. The van der Waals surface area contributed by atoms with Crippen LogP contribution in [0.2, 0.25) is 0 Å². The third-order valence-corrected chi connectivity index (χ3v) is 8.73. The van der Waals surface area contributed by atoms with Gasteiger partial charge in [0, 0.05) is 47.0 Å². The van der Waals surface area contributed by atoms with Crippen molar-refractivity contribution >= 4 is 11.8 Å². The van der Waals surface area contributed by atoms with Crippen molar-refractivity contribution in [3.8, 4) is 0 Å². The number of hydrogen-bond acceptors (Lipinski definition) is 3. The van der Waals surface area contributed by atoms with Gasteiger partial charge in [-0.3, -0.25) is 9.59 Å². The predicted molar refractivity (Wildman–Crippen MR) is 134 cm³/mol. The first-order chi connectivity index (χ1) is 23.8. The minimum Gasteiger partial charge on any atom is -0.462 e. The van der Waals surface area contributed by atoms with Crippen LogP contribution in [0.3, 0.4) is 0 Å². The summed E-state index contributed by atoms with van der Waals surface area (Å²) in [6, 6.07) is 0. The van der Waals surface area contributed by atoms with Gasteiger partial charge in [-0.05, 0) is 80.6 Å². The zero-order chi connectivity index (χ0) is 42.1. The molecule has 0 spiro atoms. The average Bonchev–Trinajstić information content (AvgIpc) is 3.35. The highest BCUT2D eigenvalue weighted by molar-refractivity contribution is 5.91. The van der Waals surface area contributed by atoms with Crippen LogP contribution in [0.1, 0.15) is 158 Å². The monoisotopic (exact) mass is 477 g/mol. The SMILES string of the molecule is [2H]C([2H])([2H])C([2H])([2H])C([2H])([2H])C([2H])([2H])C([2H])([2H])C([2H])([2H])C([2H])([2H])C([2H])([2H])C([2H])([2H])C([2H])([2H])C(=O)O[C@H]1CC[C@H]2[C@@H]3CCC4=CC(=O)CC[C@]4(C)[C@H]3CC[C@]12C. The molecule has 4 rings (SSSR count). The Morgan fingerprint density at radius 2 is 1.76 bits per heavy atom. The molecule has 3 nitrogen and oxygen atoms in total. The average molecular weight is 478 g/mol. The van der Waals surface area contributed by atoms with Crippen molar-refractivity contribution in [2.24, 2.45) is 28.6 Å². The van der Waals surface area contributed by atoms with Crippen LogP contribution in [0, 0.1) is 28.6 Å². The Bertz CT molecular complexity index is 1550. The molecule has 0 saturated heterocycles. The second-order valence-corrected chi connectivity index (χ2v) is 10.1. The summed E-state index contributed by atoms with van der Waals surface area (Å²) in [7, 11) is 0. The number of ether oxygens (including phenoxy) is 1. The van der Waals surface area contributed by atoms with E-state index in [0.29, 0.717) is 25.7 Å². The van der Waals surface area contributed by atoms with Gasteiger partial charge < -0.3 is 4.74 Å². The molecule has 3 heteroatoms. The predicted octanol–water partition coefficient (Wildman–Crippen LogP) is 7.96. The molecule has 0 aliphatic heterocycles. The van der Waals surface area contributed by atoms with Crippen LogP contribution >= 0.6 is 0 Å². The lowest BCUT2D eigenvalue weighted by Gasteiger charge is -2.57. The minimum atomic E-state index is -4.71. The molecule has 33 heavy (non-hydrogen) atoms. The Hall–Kier alpha value is -1.12. The van der Waals surface area contributed by atoms with E-state index in [1.807, 2.05) is 6.92 Å². The van der Waals surface area contributed by atoms with Crippen molar-refractivity contribution in [2.75, 3.05) is 0 Å². The van der Waals surface area contributed by atoms with E-state index < -0.39 is 81.7 Å². The molecule has 4 aliphatic rings. The quantitative estimate of drug-likeness (QED) is 0.300. The summed E-state index contributed by atoms with van der Waals surface area (Å²) >= 11 is 0. The molecule has 3 fully saturated rings. The minimum absolute atomic E-state index is 0.00965. The van der Waals surface area contributed by atoms with E-state index in [4.69, 9.17) is 33.5 Å². The van der Waals surface area contributed by atoms with Crippen LogP contribution < -0.4 is 0 Å². The maximum atomic E-state index is 13.6. The molecule has 0 unspecified atom stereocenters. The second kappa shape index (κ2) is 10.6. The van der Waals surface area contributed by atoms with Crippen molar-refractivity contribution in [3.63, 3.8) is 0 Å². The summed E-state index contributed by atoms with van der Waals surface area (Å²) in [5.74, 6) is -1.39. The fourth-order valence-corrected chi connectivity index (χ4v) is 7.13. The summed E-state index contributed by atoms with van der Waals surface area (Å²) < 4.78 is 176. The normalized spacial score (nSPS) is 51.4. The molecule has 4 aliphatic carbocycles. The molecule has 0 N–H and O–H groups in total. The first-order valence-corrected chi connectivity index (χ1v) is 11.8. The van der Waals surface area contributed by atoms with Crippen LogP contribution in [0.15, 0.2) is 11.6 Å². The molecule has 0 aromatic carbocycles. The third kappa shape index (κ3) is 5.13. The van der Waals surface area contributed by atoms with Crippen molar-refractivity contribution in [1.82, 2.24) is 0 Å². The van der Waals surface area contributed by atoms with Gasteiger partial charge in [-0.25, -0.2) is 0 Å². The van der Waals surface area contributed by atoms with Crippen molar-refractivity contribution in [1.29, 1.82) is 0 Å². The number of esters is 1. The van der Waals surface area contributed by atoms with E-state index in [1.54, 1.807) is 6.08 Å². The van der Waals surface area contributed by atoms with Crippen LogP contribution in [0.4, 0.5) is 0 Å². The molecular formula is C30H48O3. The number of hydrogen-bond donors (Lipinski definition) is 0. The van der Waals surface area contributed by atoms with Gasteiger partial charge >= 0.3 is 5.97 Å². The van der Waals surface area contributed by atoms with E-state index in [0.717, 1.165) is 24.8 Å². The number of fused-ring (bicyclic) bond motifs is 5. The first-order valence-electron chi connectivity index (χ1n) is 22.3. The lowest BCUT2D eigenvalue weighted by molar-refractivity contribution is -0.160. The van der Waals surface area contributed by atoms with Crippen molar-refractivity contribution in [3.05, 3.63) is 11.6 Å². The highest BCUT2D eigenvalue weighted by atomic mass is 16.5. The number of carbonyl (C=O) groups excluding carboxylic acids is 2. The Kier molecular flexibility index (Phi) is 3.14. The third-order valence-electron chi connectivity index (χ3n) is 8.73. The van der Waals surface area contributed by atoms with Crippen LogP contribution in [-0.4, -0.2) is 17.9 Å². The Morgan fingerprint density at radius 1 is 1.00 bits per heavy atom. The number of allylic oxidation sites excluding steroid dienone is 1. The molecule has 0 bridgehead atoms. The highest BCUT2D eigenvalue weighted by Crippen LogP contribution is 2.65. The first kappa shape index (κ1) is 9.74. The summed E-state index contributed by atoms with van der Waals surface area (Å²) in [4.78, 5) is 25.8. The summed E-state index contributed by atoms with van der Waals surface area (Å²) in [6.07, 6.45) is -34.9.